The van der Waals surface area contributed by atoms with Crippen molar-refractivity contribution < 1.29 is 18.3 Å². The van der Waals surface area contributed by atoms with Gasteiger partial charge in [-0.2, -0.15) is 5.10 Å². The first kappa shape index (κ1) is 21.3. The lowest BCUT2D eigenvalue weighted by atomic mass is 9.84. The third-order valence-electron chi connectivity index (χ3n) is 6.38. The molecule has 8 nitrogen and oxygen atoms in total. The molecular weight excluding hydrogens is 418 g/mol. The van der Waals surface area contributed by atoms with Crippen LogP contribution in [-0.2, 0) is 9.47 Å². The minimum Gasteiger partial charge on any atom is -0.383 e. The molecule has 1 aliphatic heterocycles. The number of nitrogens with zero attached hydrogens (tertiary/aromatic N) is 5. The predicted molar refractivity (Wildman–Crippen MR) is 115 cm³/mol. The summed E-state index contributed by atoms with van der Waals surface area (Å²) >= 11 is 0. The van der Waals surface area contributed by atoms with Crippen molar-refractivity contribution in [2.45, 2.75) is 56.5 Å². The van der Waals surface area contributed by atoms with Crippen LogP contribution < -0.4 is 5.32 Å². The number of methoxy groups -OCH3 is 1. The largest absolute Gasteiger partial charge is 0.383 e. The van der Waals surface area contributed by atoms with Gasteiger partial charge in [0.25, 0.3) is 0 Å². The number of aromatic nitrogens is 5. The molecule has 5 rings (SSSR count). The molecule has 32 heavy (non-hydrogen) atoms. The van der Waals surface area contributed by atoms with E-state index in [1.54, 1.807) is 13.3 Å². The standard InChI is InChI=1S/C22H28F2N6O2/c1-14(11-31-2)27-21-25-9-20-18(16-8-26-29(10-16)17-12-32-13-17)7-19(30(20)28-21)15-3-5-22(23,24)6-4-15/h7-10,14-15,17H,3-6,11-13H2,1-2H3,(H,27,28)/t14-/m0/s1. The molecule has 3 aromatic heterocycles. The van der Waals surface area contributed by atoms with E-state index in [1.165, 1.54) is 0 Å². The number of rotatable bonds is 7. The third kappa shape index (κ3) is 4.09. The zero-order valence-corrected chi connectivity index (χ0v) is 18.3. The van der Waals surface area contributed by atoms with Gasteiger partial charge in [0.15, 0.2) is 0 Å². The second-order valence-corrected chi connectivity index (χ2v) is 8.89. The molecule has 172 valence electrons. The highest BCUT2D eigenvalue weighted by Gasteiger charge is 2.36. The van der Waals surface area contributed by atoms with E-state index in [-0.39, 0.29) is 30.8 Å². The Labute approximate surface area is 184 Å². The highest BCUT2D eigenvalue weighted by molar-refractivity contribution is 5.81. The molecule has 0 spiro atoms. The summed E-state index contributed by atoms with van der Waals surface area (Å²) in [6.45, 7) is 3.84. The summed E-state index contributed by atoms with van der Waals surface area (Å²) in [5, 5.41) is 12.5. The number of fused-ring (bicyclic) bond motifs is 1. The molecule has 1 saturated carbocycles. The van der Waals surface area contributed by atoms with Gasteiger partial charge in [-0.1, -0.05) is 0 Å². The maximum absolute atomic E-state index is 13.8. The van der Waals surface area contributed by atoms with Crippen LogP contribution in [0.5, 0.6) is 0 Å². The van der Waals surface area contributed by atoms with Gasteiger partial charge in [-0.15, -0.1) is 5.10 Å². The lowest BCUT2D eigenvalue weighted by Gasteiger charge is -2.28. The topological polar surface area (TPSA) is 78.5 Å². The van der Waals surface area contributed by atoms with Crippen LogP contribution in [0.3, 0.4) is 0 Å². The van der Waals surface area contributed by atoms with Gasteiger partial charge in [0.1, 0.15) is 0 Å². The molecule has 0 amide bonds. The predicted octanol–water partition coefficient (Wildman–Crippen LogP) is 3.90. The molecule has 0 unspecified atom stereocenters. The van der Waals surface area contributed by atoms with E-state index in [9.17, 15) is 8.78 Å². The minimum absolute atomic E-state index is 0.0186. The van der Waals surface area contributed by atoms with E-state index in [2.05, 4.69) is 21.5 Å². The smallest absolute Gasteiger partial charge is 0.248 e. The average Bonchev–Trinajstić information content (AvgIpc) is 3.32. The van der Waals surface area contributed by atoms with Crippen molar-refractivity contribution >= 4 is 11.5 Å². The summed E-state index contributed by atoms with van der Waals surface area (Å²) in [4.78, 5) is 4.50. The fourth-order valence-electron chi connectivity index (χ4n) is 4.50. The fraction of sp³-hybridized carbons (Fsp3) is 0.591. The molecule has 0 radical (unpaired) electrons. The van der Waals surface area contributed by atoms with Crippen molar-refractivity contribution in [3.05, 3.63) is 30.4 Å². The van der Waals surface area contributed by atoms with E-state index in [1.807, 2.05) is 28.5 Å². The first-order valence-electron chi connectivity index (χ1n) is 11.1. The SMILES string of the molecule is COC[C@H](C)Nc1ncc2c(-c3cnn(C4COC4)c3)cc(C3CCC(F)(F)CC3)n2n1. The number of hydrogen-bond donors (Lipinski definition) is 1. The van der Waals surface area contributed by atoms with E-state index in [0.29, 0.717) is 38.6 Å². The summed E-state index contributed by atoms with van der Waals surface area (Å²) < 4.78 is 41.8. The summed E-state index contributed by atoms with van der Waals surface area (Å²) in [6.07, 6.45) is 6.30. The minimum atomic E-state index is -2.57. The zero-order valence-electron chi connectivity index (χ0n) is 18.3. The van der Waals surface area contributed by atoms with E-state index >= 15 is 0 Å². The lowest BCUT2D eigenvalue weighted by Crippen LogP contribution is -2.30. The number of alkyl halides is 2. The number of halogens is 2. The van der Waals surface area contributed by atoms with Crippen molar-refractivity contribution in [2.24, 2.45) is 0 Å². The summed E-state index contributed by atoms with van der Waals surface area (Å²) in [5.74, 6) is -2.07. The van der Waals surface area contributed by atoms with Crippen LogP contribution in [0, 0.1) is 0 Å². The van der Waals surface area contributed by atoms with Crippen LogP contribution in [0.25, 0.3) is 16.6 Å². The fourth-order valence-corrected chi connectivity index (χ4v) is 4.50. The Morgan fingerprint density at radius 1 is 1.28 bits per heavy atom. The van der Waals surface area contributed by atoms with Gasteiger partial charge in [-0.05, 0) is 25.8 Å². The third-order valence-corrected chi connectivity index (χ3v) is 6.38. The number of ether oxygens (including phenoxy) is 2. The van der Waals surface area contributed by atoms with Crippen LogP contribution in [0.15, 0.2) is 24.7 Å². The Morgan fingerprint density at radius 3 is 2.75 bits per heavy atom. The Hall–Kier alpha value is -2.59. The maximum atomic E-state index is 13.8. The lowest BCUT2D eigenvalue weighted by molar-refractivity contribution is -0.0385. The molecule has 1 atom stereocenters. The second-order valence-electron chi connectivity index (χ2n) is 8.89. The van der Waals surface area contributed by atoms with Gasteiger partial charge in [0.2, 0.25) is 11.9 Å². The molecule has 4 heterocycles. The highest BCUT2D eigenvalue weighted by atomic mass is 19.3. The monoisotopic (exact) mass is 446 g/mol. The van der Waals surface area contributed by atoms with Crippen molar-refractivity contribution in [3.8, 4) is 11.1 Å². The van der Waals surface area contributed by atoms with Crippen LogP contribution in [-0.4, -0.2) is 63.3 Å². The van der Waals surface area contributed by atoms with Crippen molar-refractivity contribution in [2.75, 3.05) is 32.2 Å². The van der Waals surface area contributed by atoms with Gasteiger partial charge in [0.05, 0.1) is 43.8 Å². The normalized spacial score (nSPS) is 20.4. The van der Waals surface area contributed by atoms with Crippen LogP contribution in [0.1, 0.15) is 50.3 Å². The molecule has 0 aromatic carbocycles. The van der Waals surface area contributed by atoms with Gasteiger partial charge in [-0.3, -0.25) is 4.68 Å². The molecule has 1 saturated heterocycles. The van der Waals surface area contributed by atoms with Crippen molar-refractivity contribution in [1.29, 1.82) is 0 Å². The van der Waals surface area contributed by atoms with Crippen molar-refractivity contribution in [1.82, 2.24) is 24.4 Å². The van der Waals surface area contributed by atoms with Gasteiger partial charge < -0.3 is 14.8 Å². The van der Waals surface area contributed by atoms with E-state index in [0.717, 1.165) is 22.3 Å². The quantitative estimate of drug-likeness (QED) is 0.593. The van der Waals surface area contributed by atoms with Crippen LogP contribution in [0.4, 0.5) is 14.7 Å². The Bertz CT molecular complexity index is 1080. The van der Waals surface area contributed by atoms with Gasteiger partial charge in [-0.25, -0.2) is 18.3 Å². The molecule has 0 bridgehead atoms. The molecule has 10 heteroatoms. The molecule has 1 aliphatic carbocycles. The molecule has 3 aromatic rings. The molecule has 2 fully saturated rings. The summed E-state index contributed by atoms with van der Waals surface area (Å²) in [5.41, 5.74) is 3.70. The van der Waals surface area contributed by atoms with Crippen molar-refractivity contribution in [3.63, 3.8) is 0 Å². The van der Waals surface area contributed by atoms with E-state index in [4.69, 9.17) is 14.6 Å². The number of anilines is 1. The van der Waals surface area contributed by atoms with Gasteiger partial charge in [0, 0.05) is 54.9 Å². The molecule has 1 N–H and O–H groups in total. The Morgan fingerprint density at radius 2 is 2.06 bits per heavy atom. The Kier molecular flexibility index (Phi) is 5.58. The van der Waals surface area contributed by atoms with Gasteiger partial charge >= 0.3 is 0 Å². The first-order chi connectivity index (χ1) is 15.4. The maximum Gasteiger partial charge on any atom is 0.248 e. The Balaban J connectivity index is 1.52. The van der Waals surface area contributed by atoms with Crippen LogP contribution in [0.2, 0.25) is 0 Å². The zero-order chi connectivity index (χ0) is 22.3. The molecular formula is C22H28F2N6O2. The molecule has 2 aliphatic rings. The first-order valence-corrected chi connectivity index (χ1v) is 11.1. The summed E-state index contributed by atoms with van der Waals surface area (Å²) in [7, 11) is 1.65. The van der Waals surface area contributed by atoms with E-state index < -0.39 is 5.92 Å². The summed E-state index contributed by atoms with van der Waals surface area (Å²) in [6, 6.07) is 2.36. The average molecular weight is 447 g/mol. The highest BCUT2D eigenvalue weighted by Crippen LogP contribution is 2.42. The number of hydrogen-bond acceptors (Lipinski definition) is 6. The number of nitrogens with one attached hydrogen (secondary N) is 1. The second kappa shape index (κ2) is 8.40. The van der Waals surface area contributed by atoms with Crippen LogP contribution >= 0.6 is 0 Å².